The monoisotopic (exact) mass is 1850 g/mol. The Morgan fingerprint density at radius 2 is 0.897 bits per heavy atom. The zero-order chi connectivity index (χ0) is 96.1. The van der Waals surface area contributed by atoms with Crippen LogP contribution in [0.15, 0.2) is 168 Å². The summed E-state index contributed by atoms with van der Waals surface area (Å²) in [5.41, 5.74) is 16.5. The van der Waals surface area contributed by atoms with Crippen molar-refractivity contribution in [3.05, 3.63) is 203 Å². The van der Waals surface area contributed by atoms with E-state index < -0.39 is 60.1 Å². The van der Waals surface area contributed by atoms with Crippen LogP contribution in [0, 0.1) is 23.7 Å². The normalized spacial score (nSPS) is 19.1. The molecule has 0 bridgehead atoms. The number of aromatic amines is 2. The number of nitrogens with zero attached hydrogens (tertiary/aromatic N) is 8. The Morgan fingerprint density at radius 1 is 0.478 bits per heavy atom. The summed E-state index contributed by atoms with van der Waals surface area (Å²) in [6.45, 7) is 17.4. The number of nitrogens with one attached hydrogen (secondary N) is 6. The molecule has 0 spiro atoms. The molecule has 10 heterocycles. The Labute approximate surface area is 788 Å². The molecular weight excluding hydrogens is 1740 g/mol. The molecule has 8 amide bonds. The zero-order valence-corrected chi connectivity index (χ0v) is 78.6. The number of carboxylic acids is 1. The predicted octanol–water partition coefficient (Wildman–Crippen LogP) is 16.3. The molecular formula is C103H116N14O19. The molecule has 7 N–H and O–H groups in total. The van der Waals surface area contributed by atoms with Crippen LogP contribution in [-0.2, 0) is 78.4 Å². The number of fused-ring (bicyclic) bond motifs is 12. The number of H-pyrrole nitrogens is 2. The second kappa shape index (κ2) is 40.9. The molecule has 0 aliphatic carbocycles. The van der Waals surface area contributed by atoms with E-state index in [2.05, 4.69) is 121 Å². The van der Waals surface area contributed by atoms with E-state index in [1.807, 2.05) is 111 Å². The molecule has 8 aliphatic heterocycles. The van der Waals surface area contributed by atoms with Gasteiger partial charge in [-0.1, -0.05) is 125 Å². The first-order valence-electron chi connectivity index (χ1n) is 46.1. The second-order valence-electron chi connectivity index (χ2n) is 37.2. The van der Waals surface area contributed by atoms with E-state index in [1.165, 1.54) is 28.4 Å². The first kappa shape index (κ1) is 95.0. The van der Waals surface area contributed by atoms with Crippen LogP contribution < -0.4 is 30.7 Å². The molecule has 0 unspecified atom stereocenters. The fourth-order valence-corrected chi connectivity index (χ4v) is 19.8. The number of carbonyl (C=O) groups is 9. The van der Waals surface area contributed by atoms with Crippen LogP contribution in [-0.4, -0.2) is 222 Å². The van der Waals surface area contributed by atoms with Gasteiger partial charge in [0.25, 0.3) is 0 Å². The third-order valence-corrected chi connectivity index (χ3v) is 26.4. The minimum Gasteiger partial charge on any atom is -0.488 e. The van der Waals surface area contributed by atoms with Crippen molar-refractivity contribution in [3.8, 4) is 56.3 Å². The first-order valence-corrected chi connectivity index (χ1v) is 46.1. The van der Waals surface area contributed by atoms with Crippen molar-refractivity contribution in [2.24, 2.45) is 33.7 Å². The van der Waals surface area contributed by atoms with Gasteiger partial charge in [-0.2, -0.15) is 0 Å². The van der Waals surface area contributed by atoms with Crippen molar-refractivity contribution < 1.29 is 90.9 Å². The number of benzene rings is 8. The predicted molar refractivity (Wildman–Crippen MR) is 509 cm³/mol. The molecule has 18 rings (SSSR count). The molecule has 136 heavy (non-hydrogen) atoms. The molecule has 4 saturated heterocycles. The number of likely N-dealkylation sites (tertiary alicyclic amines) is 4. The van der Waals surface area contributed by atoms with Gasteiger partial charge in [-0.15, -0.1) is 0 Å². The standard InChI is InChI=1S/C49H53N7O8.C44H52N6O7.C10H11NO4/c1-27(2)43(53-48(59)62-4)46(57)55-17-9-12-40(55)45-50-23-39(52-45)31-13-15-33-32(19-31)26-64-42-22-34-30(20-36(33)42)14-16-37-35(34)21-38(51-37)41-18-28(25-61-3)24-56(41)47(58)44(54-49(60)63-5)29-10-7-6-8-11-29;1-24(2)39(48-42(52)55-7)41(51)49-14-8-9-36(49)40-45-20-35(47-40)27-10-12-29-28(16-27)23-56-38-19-30-26(17-32(29)38)11-13-33-31(30)18-34(46-33)37-15-25(22-54-6)21-50(37)43(53)57-44(3,4)5;1-15-10(14)11-8(9(12)13)7-5-3-2-4-6-7/h6-8,10-11,13-16,19-20,22-23,27-28,40-41,43-44H,9,12,17-18,21,24-26H2,1-5H3,(H,50,52)(H,53,59)(H,54,60);10-13,16-17,19-20,24-25,36-37,39H,8-9,14-15,18,21-23H2,1-7H3,(H,45,47)(H,48,52);2-6,8H,1H3,(H,11,14)(H,12,13)/t28-,40-,41-,43-,44+;25-,36-,37-,39-;8-/m001/s1. The van der Waals surface area contributed by atoms with Gasteiger partial charge in [0.1, 0.15) is 60.1 Å². The lowest BCUT2D eigenvalue weighted by Crippen LogP contribution is -2.51. The SMILES string of the molecule is COC(=O)N[C@@H](C(=O)O)c1ccccc1.COC[C@H]1C[C@@H](C2=Nc3ccc4cc5c(cc4c3C2)OCc2cc(-c3cnc([C@@H]4CCCN4C(=O)[C@@H](NC(=O)OC)C(C)C)[nH]3)ccc2-5)N(C(=O)OC(C)(C)C)C1.COC[C@H]1C[C@@H](C2=Nc3ccc4cc5c(cc4c3C2)OCc2cc(-c3cnc([C@@H]4CCCN4C(=O)[C@@H](NC(=O)OC)C(C)C)[nH]3)ccc2-5)N(C(=O)[C@H](NC(=O)OC)c2ccccc2)C1. The van der Waals surface area contributed by atoms with Crippen molar-refractivity contribution in [1.82, 2.24) is 60.8 Å². The number of hydrogen-bond acceptors (Lipinski definition) is 22. The summed E-state index contributed by atoms with van der Waals surface area (Å²) < 4.78 is 48.6. The number of ether oxygens (including phenoxy) is 9. The smallest absolute Gasteiger partial charge is 0.410 e. The molecule has 8 aromatic carbocycles. The minimum absolute atomic E-state index is 0.0992. The van der Waals surface area contributed by atoms with Gasteiger partial charge < -0.3 is 93.7 Å². The number of alkyl carbamates (subject to hydrolysis) is 4. The Kier molecular flexibility index (Phi) is 28.6. The summed E-state index contributed by atoms with van der Waals surface area (Å²) in [5.74, 6) is 1.49. The molecule has 8 aliphatic rings. The zero-order valence-electron chi connectivity index (χ0n) is 78.6. The fraction of sp³-hybridized carbons (Fsp3) is 0.408. The Hall–Kier alpha value is -14.2. The average molecular weight is 1850 g/mol. The number of imidazole rings is 2. The lowest BCUT2D eigenvalue weighted by molar-refractivity contribution is -0.139. The van der Waals surface area contributed by atoms with Crippen LogP contribution in [0.3, 0.4) is 0 Å². The van der Waals surface area contributed by atoms with Gasteiger partial charge in [0.15, 0.2) is 6.04 Å². The van der Waals surface area contributed by atoms with E-state index in [9.17, 15) is 43.2 Å². The first-order chi connectivity index (χ1) is 65.5. The van der Waals surface area contributed by atoms with E-state index in [0.717, 1.165) is 161 Å². The van der Waals surface area contributed by atoms with Crippen LogP contribution in [0.1, 0.15) is 156 Å². The number of aromatic nitrogens is 4. The maximum Gasteiger partial charge on any atom is 0.410 e. The van der Waals surface area contributed by atoms with Gasteiger partial charge in [-0.05, 0) is 197 Å². The van der Waals surface area contributed by atoms with Crippen LogP contribution in [0.4, 0.5) is 35.3 Å². The van der Waals surface area contributed by atoms with Crippen molar-refractivity contribution in [2.75, 3.05) is 82.1 Å². The van der Waals surface area contributed by atoms with Crippen LogP contribution >= 0.6 is 0 Å². The minimum atomic E-state index is -1.13. The number of hydrogen-bond donors (Lipinski definition) is 7. The summed E-state index contributed by atoms with van der Waals surface area (Å²) in [4.78, 5) is 147. The quantitative estimate of drug-likeness (QED) is 0.0310. The highest BCUT2D eigenvalue weighted by Gasteiger charge is 2.46. The van der Waals surface area contributed by atoms with E-state index in [-0.39, 0.29) is 71.7 Å². The van der Waals surface area contributed by atoms with Gasteiger partial charge in [0, 0.05) is 87.6 Å². The van der Waals surface area contributed by atoms with Gasteiger partial charge in [0.05, 0.1) is 101 Å². The van der Waals surface area contributed by atoms with E-state index in [0.29, 0.717) is 88.8 Å². The Morgan fingerprint density at radius 3 is 1.32 bits per heavy atom. The third-order valence-electron chi connectivity index (χ3n) is 26.4. The average Bonchev–Trinajstić information content (AvgIpc) is 1.50. The van der Waals surface area contributed by atoms with Crippen LogP contribution in [0.25, 0.3) is 66.3 Å². The lowest BCUT2D eigenvalue weighted by Gasteiger charge is -2.30. The van der Waals surface area contributed by atoms with Gasteiger partial charge >= 0.3 is 36.4 Å². The van der Waals surface area contributed by atoms with E-state index >= 15 is 0 Å². The number of carbonyl (C=O) groups excluding carboxylic acids is 8. The van der Waals surface area contributed by atoms with E-state index in [1.54, 1.807) is 44.6 Å². The van der Waals surface area contributed by atoms with Gasteiger partial charge in [-0.3, -0.25) is 29.3 Å². The van der Waals surface area contributed by atoms with Crippen LogP contribution in [0.2, 0.25) is 0 Å². The molecule has 33 heteroatoms. The molecule has 2 aromatic heterocycles. The molecule has 4 fully saturated rings. The third kappa shape index (κ3) is 20.3. The summed E-state index contributed by atoms with van der Waals surface area (Å²) in [5, 5.41) is 23.6. The maximum atomic E-state index is 14.4. The lowest BCUT2D eigenvalue weighted by atomic mass is 9.90. The van der Waals surface area contributed by atoms with Crippen molar-refractivity contribution in [1.29, 1.82) is 0 Å². The topological polar surface area (TPSA) is 400 Å². The number of methoxy groups -OCH3 is 6. The number of rotatable bonds is 22. The summed E-state index contributed by atoms with van der Waals surface area (Å²) in [6, 6.07) is 43.0. The van der Waals surface area contributed by atoms with E-state index in [4.69, 9.17) is 63.0 Å². The summed E-state index contributed by atoms with van der Waals surface area (Å²) in [7, 11) is 8.42. The van der Waals surface area contributed by atoms with Crippen LogP contribution in [0.5, 0.6) is 11.5 Å². The molecule has 712 valence electrons. The maximum absolute atomic E-state index is 14.4. The highest BCUT2D eigenvalue weighted by molar-refractivity contribution is 6.08. The highest BCUT2D eigenvalue weighted by atomic mass is 16.6. The molecule has 0 saturated carbocycles. The van der Waals surface area contributed by atoms with Crippen molar-refractivity contribution in [2.45, 2.75) is 167 Å². The highest BCUT2D eigenvalue weighted by Crippen LogP contribution is 2.49. The fourth-order valence-electron chi connectivity index (χ4n) is 19.8. The Balaban J connectivity index is 0.000000172. The summed E-state index contributed by atoms with van der Waals surface area (Å²) >= 11 is 0. The number of carboxylic acid groups (broad SMARTS) is 1. The second-order valence-corrected chi connectivity index (χ2v) is 37.2. The molecule has 10 atom stereocenters. The summed E-state index contributed by atoms with van der Waals surface area (Å²) in [6.07, 6.45) is 6.52. The largest absolute Gasteiger partial charge is 0.488 e. The molecule has 0 radical (unpaired) electrons. The van der Waals surface area contributed by atoms with Gasteiger partial charge in [0.2, 0.25) is 17.7 Å². The van der Waals surface area contributed by atoms with Crippen molar-refractivity contribution >= 4 is 98.5 Å². The van der Waals surface area contributed by atoms with Gasteiger partial charge in [-0.25, -0.2) is 38.7 Å². The molecule has 33 nitrogen and oxygen atoms in total. The number of aliphatic imine (C=N–C) groups is 2. The van der Waals surface area contributed by atoms with Crippen molar-refractivity contribution in [3.63, 3.8) is 0 Å². The number of aliphatic carboxylic acids is 1. The molecule has 10 aromatic rings. The number of amides is 8. The Bertz CT molecular complexity index is 6270.